The van der Waals surface area contributed by atoms with Crippen molar-refractivity contribution < 1.29 is 13.2 Å². The van der Waals surface area contributed by atoms with Gasteiger partial charge in [0.25, 0.3) is 10.0 Å². The van der Waals surface area contributed by atoms with E-state index in [9.17, 15) is 13.2 Å². The Bertz CT molecular complexity index is 1270. The Labute approximate surface area is 194 Å². The molecule has 0 aliphatic carbocycles. The first-order chi connectivity index (χ1) is 15.2. The quantitative estimate of drug-likeness (QED) is 0.521. The molecule has 166 valence electrons. The van der Waals surface area contributed by atoms with E-state index >= 15 is 0 Å². The van der Waals surface area contributed by atoms with Crippen LogP contribution in [0.1, 0.15) is 23.6 Å². The highest BCUT2D eigenvalue weighted by molar-refractivity contribution is 7.92. The first kappa shape index (κ1) is 22.4. The summed E-state index contributed by atoms with van der Waals surface area (Å²) >= 11 is 6.11. The topological polar surface area (TPSA) is 57.7 Å². The number of aryl methyl sites for hydroxylation is 2. The summed E-state index contributed by atoms with van der Waals surface area (Å²) in [7, 11) is -3.98. The molecule has 5 nitrogen and oxygen atoms in total. The van der Waals surface area contributed by atoms with Gasteiger partial charge >= 0.3 is 0 Å². The molecule has 0 aromatic heterocycles. The summed E-state index contributed by atoms with van der Waals surface area (Å²) in [5.74, 6) is -0.271. The fourth-order valence-electron chi connectivity index (χ4n) is 4.18. The molecule has 0 saturated carbocycles. The number of anilines is 2. The normalized spacial score (nSPS) is 15.5. The Balaban J connectivity index is 1.76. The average Bonchev–Trinajstić information content (AvgIpc) is 3.08. The van der Waals surface area contributed by atoms with Crippen LogP contribution in [0.3, 0.4) is 0 Å². The van der Waals surface area contributed by atoms with Crippen molar-refractivity contribution in [3.8, 4) is 0 Å². The number of amides is 1. The van der Waals surface area contributed by atoms with Crippen LogP contribution >= 0.6 is 11.6 Å². The molecule has 0 spiro atoms. The summed E-state index contributed by atoms with van der Waals surface area (Å²) in [6, 6.07) is 19.3. The molecular formula is C25H25ClN2O3S. The molecule has 0 fully saturated rings. The lowest BCUT2D eigenvalue weighted by atomic mass is 10.1. The number of benzene rings is 3. The second-order valence-electron chi connectivity index (χ2n) is 8.20. The van der Waals surface area contributed by atoms with Gasteiger partial charge in [0.2, 0.25) is 5.91 Å². The third kappa shape index (κ3) is 4.12. The molecule has 1 amide bonds. The van der Waals surface area contributed by atoms with E-state index < -0.39 is 10.0 Å². The molecule has 0 unspecified atom stereocenters. The molecule has 7 heteroatoms. The minimum absolute atomic E-state index is 0.0462. The maximum atomic E-state index is 13.7. The van der Waals surface area contributed by atoms with Gasteiger partial charge in [0.15, 0.2) is 0 Å². The van der Waals surface area contributed by atoms with E-state index in [1.54, 1.807) is 54.3 Å². The Kier molecular flexibility index (Phi) is 6.01. The molecule has 1 heterocycles. The summed E-state index contributed by atoms with van der Waals surface area (Å²) in [5, 5.41) is 0.507. The van der Waals surface area contributed by atoms with Crippen LogP contribution in [-0.2, 0) is 21.2 Å². The van der Waals surface area contributed by atoms with Crippen molar-refractivity contribution in [1.82, 2.24) is 0 Å². The van der Waals surface area contributed by atoms with Crippen LogP contribution in [-0.4, -0.2) is 26.9 Å². The van der Waals surface area contributed by atoms with Gasteiger partial charge in [0.05, 0.1) is 10.6 Å². The number of rotatable bonds is 5. The standard InChI is InChI=1S/C25H25ClN2O3S/c1-17-8-11-22(12-9-17)32(30,31)27(23-13-10-21(26)14-18(23)2)16-25(29)28-19(3)15-20-6-4-5-7-24(20)28/h4-14,19H,15-16H2,1-3H3/t19-/m1/s1. The molecule has 3 aromatic rings. The maximum Gasteiger partial charge on any atom is 0.264 e. The first-order valence-corrected chi connectivity index (χ1v) is 12.3. The van der Waals surface area contributed by atoms with Crippen molar-refractivity contribution >= 4 is 38.9 Å². The second-order valence-corrected chi connectivity index (χ2v) is 10.5. The van der Waals surface area contributed by atoms with Crippen LogP contribution in [0.4, 0.5) is 11.4 Å². The van der Waals surface area contributed by atoms with E-state index in [-0.39, 0.29) is 23.4 Å². The van der Waals surface area contributed by atoms with Crippen LogP contribution in [0.25, 0.3) is 0 Å². The Morgan fingerprint density at radius 1 is 1.06 bits per heavy atom. The second kappa shape index (κ2) is 8.60. The van der Waals surface area contributed by atoms with E-state index in [1.165, 1.54) is 4.31 Å². The van der Waals surface area contributed by atoms with Crippen LogP contribution < -0.4 is 9.21 Å². The van der Waals surface area contributed by atoms with Gasteiger partial charge in [-0.15, -0.1) is 0 Å². The van der Waals surface area contributed by atoms with Gasteiger partial charge in [-0.05, 0) is 74.7 Å². The summed E-state index contributed by atoms with van der Waals surface area (Å²) in [4.78, 5) is 15.4. The summed E-state index contributed by atoms with van der Waals surface area (Å²) < 4.78 is 28.6. The molecule has 4 rings (SSSR count). The zero-order valence-electron chi connectivity index (χ0n) is 18.2. The number of nitrogens with zero attached hydrogens (tertiary/aromatic N) is 2. The number of para-hydroxylation sites is 1. The van der Waals surface area contributed by atoms with Crippen LogP contribution in [0, 0.1) is 13.8 Å². The van der Waals surface area contributed by atoms with Crippen molar-refractivity contribution in [2.24, 2.45) is 0 Å². The van der Waals surface area contributed by atoms with E-state index in [0.29, 0.717) is 16.3 Å². The smallest absolute Gasteiger partial charge is 0.264 e. The molecule has 3 aromatic carbocycles. The number of hydrogen-bond acceptors (Lipinski definition) is 3. The lowest BCUT2D eigenvalue weighted by Gasteiger charge is -2.29. The van der Waals surface area contributed by atoms with Gasteiger partial charge in [0.1, 0.15) is 6.54 Å². The number of carbonyl (C=O) groups is 1. The molecule has 32 heavy (non-hydrogen) atoms. The number of carbonyl (C=O) groups excluding carboxylic acids is 1. The van der Waals surface area contributed by atoms with Crippen molar-refractivity contribution in [1.29, 1.82) is 0 Å². The molecule has 1 atom stereocenters. The summed E-state index contributed by atoms with van der Waals surface area (Å²) in [5.41, 5.74) is 3.99. The minimum Gasteiger partial charge on any atom is -0.307 e. The number of fused-ring (bicyclic) bond motifs is 1. The van der Waals surface area contributed by atoms with E-state index in [2.05, 4.69) is 0 Å². The van der Waals surface area contributed by atoms with Crippen LogP contribution in [0.5, 0.6) is 0 Å². The van der Waals surface area contributed by atoms with Gasteiger partial charge in [-0.1, -0.05) is 47.5 Å². The molecular weight excluding hydrogens is 444 g/mol. The maximum absolute atomic E-state index is 13.7. The summed E-state index contributed by atoms with van der Waals surface area (Å²) in [6.45, 7) is 5.35. The third-order valence-electron chi connectivity index (χ3n) is 5.79. The van der Waals surface area contributed by atoms with Crippen molar-refractivity contribution in [3.63, 3.8) is 0 Å². The molecule has 0 bridgehead atoms. The lowest BCUT2D eigenvalue weighted by molar-refractivity contribution is -0.117. The van der Waals surface area contributed by atoms with Crippen molar-refractivity contribution in [2.45, 2.75) is 38.1 Å². The van der Waals surface area contributed by atoms with Crippen LogP contribution in [0.15, 0.2) is 71.6 Å². The SMILES string of the molecule is Cc1ccc(S(=O)(=O)N(CC(=O)N2c3ccccc3C[C@H]2C)c2ccc(Cl)cc2C)cc1. The molecule has 0 radical (unpaired) electrons. The number of sulfonamides is 1. The average molecular weight is 469 g/mol. The Morgan fingerprint density at radius 3 is 2.44 bits per heavy atom. The molecule has 0 saturated heterocycles. The summed E-state index contributed by atoms with van der Waals surface area (Å²) in [6.07, 6.45) is 0.743. The van der Waals surface area contributed by atoms with E-state index in [4.69, 9.17) is 11.6 Å². The highest BCUT2D eigenvalue weighted by Crippen LogP contribution is 2.34. The van der Waals surface area contributed by atoms with Gasteiger partial charge in [0, 0.05) is 16.8 Å². The largest absolute Gasteiger partial charge is 0.307 e. The van der Waals surface area contributed by atoms with E-state index in [1.807, 2.05) is 38.1 Å². The number of halogens is 1. The van der Waals surface area contributed by atoms with Crippen LogP contribution in [0.2, 0.25) is 5.02 Å². The third-order valence-corrected chi connectivity index (χ3v) is 7.80. The lowest BCUT2D eigenvalue weighted by Crippen LogP contribution is -2.45. The Morgan fingerprint density at radius 2 is 1.75 bits per heavy atom. The van der Waals surface area contributed by atoms with Crippen molar-refractivity contribution in [3.05, 3.63) is 88.4 Å². The zero-order valence-corrected chi connectivity index (χ0v) is 19.8. The molecule has 1 aliphatic rings. The Hall–Kier alpha value is -2.83. The predicted molar refractivity (Wildman–Crippen MR) is 129 cm³/mol. The van der Waals surface area contributed by atoms with Gasteiger partial charge in [-0.3, -0.25) is 9.10 Å². The monoisotopic (exact) mass is 468 g/mol. The fourth-order valence-corrected chi connectivity index (χ4v) is 5.89. The highest BCUT2D eigenvalue weighted by Gasteiger charge is 2.35. The van der Waals surface area contributed by atoms with E-state index in [0.717, 1.165) is 23.2 Å². The minimum atomic E-state index is -3.98. The first-order valence-electron chi connectivity index (χ1n) is 10.4. The fraction of sp³-hybridized carbons (Fsp3) is 0.240. The predicted octanol–water partition coefficient (Wildman–Crippen LogP) is 5.13. The number of hydrogen-bond donors (Lipinski definition) is 0. The van der Waals surface area contributed by atoms with Crippen molar-refractivity contribution in [2.75, 3.05) is 15.7 Å². The zero-order chi connectivity index (χ0) is 23.0. The van der Waals surface area contributed by atoms with Gasteiger partial charge < -0.3 is 4.90 Å². The van der Waals surface area contributed by atoms with Gasteiger partial charge in [-0.2, -0.15) is 0 Å². The molecule has 1 aliphatic heterocycles. The highest BCUT2D eigenvalue weighted by atomic mass is 35.5. The molecule has 0 N–H and O–H groups in total. The van der Waals surface area contributed by atoms with Gasteiger partial charge in [-0.25, -0.2) is 8.42 Å².